The molecule has 1 rings (SSSR count). The molecule has 0 aliphatic rings. The third-order valence-electron chi connectivity index (χ3n) is 3.70. The Labute approximate surface area is 173 Å². The highest BCUT2D eigenvalue weighted by atomic mass is 19.4. The van der Waals surface area contributed by atoms with E-state index in [1.807, 2.05) is 13.8 Å². The highest BCUT2D eigenvalue weighted by molar-refractivity contribution is 5.89. The molecule has 0 aromatic heterocycles. The van der Waals surface area contributed by atoms with E-state index >= 15 is 0 Å². The molecule has 0 radical (unpaired) electrons. The molecule has 0 aliphatic heterocycles. The molecular weight excluding hydrogens is 405 g/mol. The lowest BCUT2D eigenvalue weighted by Crippen LogP contribution is -2.51. The van der Waals surface area contributed by atoms with Gasteiger partial charge in [-0.1, -0.05) is 13.8 Å². The molecule has 0 saturated carbocycles. The van der Waals surface area contributed by atoms with Gasteiger partial charge in [0.15, 0.2) is 6.10 Å². The normalized spacial score (nSPS) is 12.9. The zero-order valence-electron chi connectivity index (χ0n) is 17.8. The summed E-state index contributed by atoms with van der Waals surface area (Å²) >= 11 is 0. The van der Waals surface area contributed by atoms with Crippen molar-refractivity contribution < 1.29 is 37.1 Å². The molecular formula is C20H27F3N2O5. The van der Waals surface area contributed by atoms with Crippen molar-refractivity contribution in [3.63, 3.8) is 0 Å². The van der Waals surface area contributed by atoms with E-state index in [1.54, 1.807) is 20.8 Å². The number of amides is 2. The van der Waals surface area contributed by atoms with Gasteiger partial charge in [-0.25, -0.2) is 4.79 Å². The van der Waals surface area contributed by atoms with Crippen LogP contribution in [0.25, 0.3) is 0 Å². The van der Waals surface area contributed by atoms with Crippen molar-refractivity contribution in [2.45, 2.75) is 65.8 Å². The van der Waals surface area contributed by atoms with Gasteiger partial charge in [0.1, 0.15) is 0 Å². The van der Waals surface area contributed by atoms with Gasteiger partial charge in [-0.15, -0.1) is 0 Å². The monoisotopic (exact) mass is 432 g/mol. The summed E-state index contributed by atoms with van der Waals surface area (Å²) in [6.45, 7) is 9.69. The number of anilines is 1. The van der Waals surface area contributed by atoms with E-state index in [-0.39, 0.29) is 18.0 Å². The smallest absolute Gasteiger partial charge is 0.416 e. The van der Waals surface area contributed by atoms with Crippen molar-refractivity contribution in [2.24, 2.45) is 5.92 Å². The zero-order valence-corrected chi connectivity index (χ0v) is 17.8. The second kappa shape index (κ2) is 9.82. The first-order valence-electron chi connectivity index (χ1n) is 9.28. The van der Waals surface area contributed by atoms with E-state index in [9.17, 15) is 27.6 Å². The van der Waals surface area contributed by atoms with Crippen molar-refractivity contribution in [1.29, 1.82) is 0 Å². The van der Waals surface area contributed by atoms with Gasteiger partial charge in [-0.3, -0.25) is 14.9 Å². The van der Waals surface area contributed by atoms with Crippen LogP contribution < -0.4 is 5.32 Å². The molecule has 0 saturated heterocycles. The molecule has 1 N–H and O–H groups in total. The Hall–Kier alpha value is -2.78. The SMILES string of the molecule is CC(=O)ON(C(=O)[C@H](CC(C)C)OC(=O)Nc1ccc(C(F)(F)F)cc1)C(C)(C)C. The Morgan fingerprint density at radius 3 is 2.00 bits per heavy atom. The molecule has 2 amide bonds. The Balaban J connectivity index is 2.96. The number of nitrogens with one attached hydrogen (secondary N) is 1. The number of carbonyl (C=O) groups excluding carboxylic acids is 3. The zero-order chi connectivity index (χ0) is 23.3. The Bertz CT molecular complexity index is 755. The maximum absolute atomic E-state index is 12.9. The molecule has 0 aliphatic carbocycles. The van der Waals surface area contributed by atoms with E-state index in [2.05, 4.69) is 5.32 Å². The second-order valence-corrected chi connectivity index (χ2v) is 8.11. The minimum Gasteiger partial charge on any atom is -0.436 e. The minimum absolute atomic E-state index is 0.0445. The van der Waals surface area contributed by atoms with Crippen LogP contribution in [-0.2, 0) is 25.3 Å². The first-order valence-corrected chi connectivity index (χ1v) is 9.28. The van der Waals surface area contributed by atoms with Gasteiger partial charge in [0, 0.05) is 12.6 Å². The molecule has 0 fully saturated rings. The van der Waals surface area contributed by atoms with Gasteiger partial charge in [0.05, 0.1) is 11.1 Å². The highest BCUT2D eigenvalue weighted by Crippen LogP contribution is 2.30. The molecule has 10 heteroatoms. The first kappa shape index (κ1) is 25.3. The van der Waals surface area contributed by atoms with Crippen LogP contribution in [0, 0.1) is 5.92 Å². The van der Waals surface area contributed by atoms with Crippen molar-refractivity contribution in [1.82, 2.24) is 5.06 Å². The summed E-state index contributed by atoms with van der Waals surface area (Å²) in [7, 11) is 0. The summed E-state index contributed by atoms with van der Waals surface area (Å²) in [4.78, 5) is 41.6. The van der Waals surface area contributed by atoms with Crippen LogP contribution in [0.3, 0.4) is 0 Å². The van der Waals surface area contributed by atoms with E-state index in [1.165, 1.54) is 0 Å². The summed E-state index contributed by atoms with van der Waals surface area (Å²) < 4.78 is 43.1. The fourth-order valence-corrected chi connectivity index (χ4v) is 2.42. The fourth-order valence-electron chi connectivity index (χ4n) is 2.42. The lowest BCUT2D eigenvalue weighted by molar-refractivity contribution is -0.220. The molecule has 1 atom stereocenters. The van der Waals surface area contributed by atoms with Gasteiger partial charge in [0.25, 0.3) is 5.91 Å². The van der Waals surface area contributed by atoms with E-state index < -0.39 is 41.4 Å². The number of carbonyl (C=O) groups is 3. The van der Waals surface area contributed by atoms with Gasteiger partial charge in [0.2, 0.25) is 0 Å². The van der Waals surface area contributed by atoms with Crippen LogP contribution in [0.5, 0.6) is 0 Å². The molecule has 168 valence electrons. The van der Waals surface area contributed by atoms with Gasteiger partial charge in [-0.05, 0) is 57.4 Å². The maximum atomic E-state index is 12.9. The summed E-state index contributed by atoms with van der Waals surface area (Å²) in [6.07, 6.45) is -6.64. The van der Waals surface area contributed by atoms with E-state index in [0.717, 1.165) is 36.3 Å². The number of alkyl halides is 3. The summed E-state index contributed by atoms with van der Waals surface area (Å²) in [6, 6.07) is 3.77. The summed E-state index contributed by atoms with van der Waals surface area (Å²) in [5, 5.41) is 3.15. The van der Waals surface area contributed by atoms with E-state index in [4.69, 9.17) is 9.57 Å². The lowest BCUT2D eigenvalue weighted by Gasteiger charge is -2.35. The van der Waals surface area contributed by atoms with Gasteiger partial charge < -0.3 is 9.57 Å². The van der Waals surface area contributed by atoms with Crippen LogP contribution in [0.4, 0.5) is 23.7 Å². The molecule has 0 heterocycles. The van der Waals surface area contributed by atoms with Crippen LogP contribution >= 0.6 is 0 Å². The second-order valence-electron chi connectivity index (χ2n) is 8.11. The number of nitrogens with zero attached hydrogens (tertiary/aromatic N) is 1. The first-order chi connectivity index (χ1) is 13.6. The molecule has 0 unspecified atom stereocenters. The number of hydrogen-bond donors (Lipinski definition) is 1. The molecule has 1 aromatic rings. The predicted octanol–water partition coefficient (Wildman–Crippen LogP) is 4.77. The number of halogens is 3. The Morgan fingerprint density at radius 2 is 1.60 bits per heavy atom. The maximum Gasteiger partial charge on any atom is 0.416 e. The largest absolute Gasteiger partial charge is 0.436 e. The van der Waals surface area contributed by atoms with E-state index in [0.29, 0.717) is 0 Å². The van der Waals surface area contributed by atoms with Crippen LogP contribution in [-0.4, -0.2) is 34.7 Å². The molecule has 7 nitrogen and oxygen atoms in total. The number of rotatable bonds is 5. The van der Waals surface area contributed by atoms with Crippen LogP contribution in [0.15, 0.2) is 24.3 Å². The Morgan fingerprint density at radius 1 is 1.07 bits per heavy atom. The standard InChI is InChI=1S/C20H27F3N2O5/c1-12(2)11-16(17(27)25(19(4,5)6)30-13(3)26)29-18(28)24-15-9-7-14(8-10-15)20(21,22)23/h7-10,12,16H,11H2,1-6H3,(H,24,28)/t16-/m0/s1. The Kier molecular flexibility index (Phi) is 8.26. The third-order valence-corrected chi connectivity index (χ3v) is 3.70. The number of ether oxygens (including phenoxy) is 1. The lowest BCUT2D eigenvalue weighted by atomic mass is 10.0. The van der Waals surface area contributed by atoms with Crippen molar-refractivity contribution in [3.8, 4) is 0 Å². The number of hydrogen-bond acceptors (Lipinski definition) is 5. The topological polar surface area (TPSA) is 84.9 Å². The van der Waals surface area contributed by atoms with Crippen LogP contribution in [0.2, 0.25) is 0 Å². The summed E-state index contributed by atoms with van der Waals surface area (Å²) in [5.41, 5.74) is -1.70. The average molecular weight is 432 g/mol. The average Bonchev–Trinajstić information content (AvgIpc) is 2.56. The van der Waals surface area contributed by atoms with Gasteiger partial charge >= 0.3 is 18.2 Å². The van der Waals surface area contributed by atoms with Crippen molar-refractivity contribution in [2.75, 3.05) is 5.32 Å². The highest BCUT2D eigenvalue weighted by Gasteiger charge is 2.37. The predicted molar refractivity (Wildman–Crippen MR) is 103 cm³/mol. The van der Waals surface area contributed by atoms with Gasteiger partial charge in [-0.2, -0.15) is 18.2 Å². The molecule has 0 bridgehead atoms. The van der Waals surface area contributed by atoms with Crippen LogP contribution in [0.1, 0.15) is 53.5 Å². The molecule has 30 heavy (non-hydrogen) atoms. The van der Waals surface area contributed by atoms with Crippen molar-refractivity contribution >= 4 is 23.7 Å². The number of benzene rings is 1. The number of hydroxylamine groups is 2. The fraction of sp³-hybridized carbons (Fsp3) is 0.550. The summed E-state index contributed by atoms with van der Waals surface area (Å²) in [5.74, 6) is -1.48. The molecule has 1 aromatic carbocycles. The minimum atomic E-state index is -4.50. The molecule has 0 spiro atoms. The van der Waals surface area contributed by atoms with Crippen molar-refractivity contribution in [3.05, 3.63) is 29.8 Å². The quantitative estimate of drug-likeness (QED) is 0.678. The third kappa shape index (κ3) is 7.92.